The summed E-state index contributed by atoms with van der Waals surface area (Å²) in [5.74, 6) is -1.46. The molecule has 0 fully saturated rings. The number of halogens is 1. The Morgan fingerprint density at radius 1 is 1.00 bits per heavy atom. The number of aryl methyl sites for hydroxylation is 2. The van der Waals surface area contributed by atoms with E-state index >= 15 is 0 Å². The van der Waals surface area contributed by atoms with Crippen LogP contribution in [0.3, 0.4) is 0 Å². The third-order valence-corrected chi connectivity index (χ3v) is 6.78. The van der Waals surface area contributed by atoms with Gasteiger partial charge >= 0.3 is 0 Å². The Hall–Kier alpha value is -4.93. The van der Waals surface area contributed by atoms with Crippen molar-refractivity contribution in [1.82, 2.24) is 20.6 Å². The van der Waals surface area contributed by atoms with Crippen molar-refractivity contribution in [2.45, 2.75) is 38.9 Å². The number of carbonyl (C=O) groups is 2. The number of nitrogen functional groups attached to an aromatic ring is 1. The average molecular weight is 529 g/mol. The monoisotopic (exact) mass is 528 g/mol. The summed E-state index contributed by atoms with van der Waals surface area (Å²) in [7, 11) is 0. The Balaban J connectivity index is 1.20. The Bertz CT molecular complexity index is 1680. The molecule has 1 aromatic heterocycles. The first-order valence-electron chi connectivity index (χ1n) is 12.3. The zero-order chi connectivity index (χ0) is 27.7. The Labute approximate surface area is 222 Å². The van der Waals surface area contributed by atoms with Crippen LogP contribution in [0, 0.1) is 12.7 Å². The molecule has 0 saturated heterocycles. The summed E-state index contributed by atoms with van der Waals surface area (Å²) in [5, 5.41) is 8.36. The number of nitrogens with one attached hydrogen (secondary N) is 3. The van der Waals surface area contributed by atoms with Gasteiger partial charge in [0.25, 0.3) is 22.7 Å². The second-order valence-corrected chi connectivity index (χ2v) is 9.46. The largest absolute Gasteiger partial charge is 0.394 e. The zero-order valence-corrected chi connectivity index (χ0v) is 21.0. The molecule has 0 radical (unpaired) electrons. The highest BCUT2D eigenvalue weighted by Crippen LogP contribution is 2.31. The Morgan fingerprint density at radius 2 is 1.77 bits per heavy atom. The van der Waals surface area contributed by atoms with E-state index in [1.165, 1.54) is 35.4 Å². The molecule has 10 nitrogen and oxygen atoms in total. The van der Waals surface area contributed by atoms with Crippen molar-refractivity contribution in [2.75, 3.05) is 11.1 Å². The predicted octanol–water partition coefficient (Wildman–Crippen LogP) is 2.06. The number of aromatic nitrogens is 2. The van der Waals surface area contributed by atoms with Crippen molar-refractivity contribution in [3.8, 4) is 0 Å². The van der Waals surface area contributed by atoms with Gasteiger partial charge in [-0.3, -0.25) is 19.2 Å². The van der Waals surface area contributed by atoms with Crippen LogP contribution < -0.4 is 32.5 Å². The quantitative estimate of drug-likeness (QED) is 0.253. The van der Waals surface area contributed by atoms with Crippen molar-refractivity contribution in [1.29, 1.82) is 0 Å². The third-order valence-electron chi connectivity index (χ3n) is 6.78. The number of amides is 2. The predicted molar refractivity (Wildman–Crippen MR) is 142 cm³/mol. The van der Waals surface area contributed by atoms with Gasteiger partial charge < -0.3 is 21.7 Å². The fourth-order valence-corrected chi connectivity index (χ4v) is 4.65. The molecule has 11 heteroatoms. The Kier molecular flexibility index (Phi) is 6.88. The van der Waals surface area contributed by atoms with Gasteiger partial charge in [-0.2, -0.15) is 0 Å². The van der Waals surface area contributed by atoms with Crippen LogP contribution in [0.15, 0.2) is 58.4 Å². The minimum absolute atomic E-state index is 0.0113. The first kappa shape index (κ1) is 25.7. The fraction of sp³-hybridized carbons (Fsp3) is 0.214. The molecule has 1 atom stereocenters. The van der Waals surface area contributed by atoms with Crippen LogP contribution in [-0.4, -0.2) is 21.8 Å². The van der Waals surface area contributed by atoms with E-state index in [9.17, 15) is 23.6 Å². The SMILES string of the molecule is Cc1ccc2c(c1)CC[C@@H]2NC(=O)c1cc(C(=O)NCc2ccc(F)c(CNc3c(N)c(=O)c3=O)c2)ncn1. The van der Waals surface area contributed by atoms with E-state index in [4.69, 9.17) is 5.73 Å². The number of rotatable bonds is 8. The molecule has 3 aromatic carbocycles. The molecule has 5 N–H and O–H groups in total. The number of anilines is 2. The first-order valence-corrected chi connectivity index (χ1v) is 12.3. The van der Waals surface area contributed by atoms with E-state index < -0.39 is 28.5 Å². The maximum absolute atomic E-state index is 14.3. The van der Waals surface area contributed by atoms with E-state index in [-0.39, 0.29) is 47.5 Å². The number of carbonyl (C=O) groups excluding carboxylic acids is 2. The van der Waals surface area contributed by atoms with E-state index in [1.54, 1.807) is 0 Å². The molecular formula is C28H25FN6O4. The normalized spacial score (nSPS) is 14.2. The standard InChI is InChI=1S/C28H25FN6O4/c1-14-2-5-18-16(8-14)4-7-20(18)35-28(39)22-10-21(33-13-34-22)27(38)32-11-15-3-6-19(29)17(9-15)12-31-24-23(30)25(36)26(24)37/h2-3,5-6,8-10,13,20,31H,4,7,11-12,30H2,1H3,(H,32,38)(H,35,39)/t20-/m0/s1. The molecule has 198 valence electrons. The average Bonchev–Trinajstić information content (AvgIpc) is 3.34. The summed E-state index contributed by atoms with van der Waals surface area (Å²) in [6.07, 6.45) is 2.83. The van der Waals surface area contributed by atoms with Gasteiger partial charge in [-0.05, 0) is 48.6 Å². The molecule has 0 saturated carbocycles. The highest BCUT2D eigenvalue weighted by molar-refractivity contribution is 5.97. The number of hydrogen-bond acceptors (Lipinski definition) is 8. The van der Waals surface area contributed by atoms with E-state index in [2.05, 4.69) is 32.0 Å². The molecule has 1 heterocycles. The molecule has 0 bridgehead atoms. The lowest BCUT2D eigenvalue weighted by Crippen LogP contribution is -2.37. The maximum atomic E-state index is 14.3. The minimum Gasteiger partial charge on any atom is -0.394 e. The van der Waals surface area contributed by atoms with Gasteiger partial charge in [-0.1, -0.05) is 29.8 Å². The molecule has 4 aromatic rings. The van der Waals surface area contributed by atoms with Crippen LogP contribution in [0.5, 0.6) is 0 Å². The highest BCUT2D eigenvalue weighted by Gasteiger charge is 2.25. The molecule has 0 aliphatic heterocycles. The molecule has 39 heavy (non-hydrogen) atoms. The molecule has 2 amide bonds. The van der Waals surface area contributed by atoms with Crippen molar-refractivity contribution in [2.24, 2.45) is 0 Å². The highest BCUT2D eigenvalue weighted by atomic mass is 19.1. The van der Waals surface area contributed by atoms with Gasteiger partial charge in [0.2, 0.25) is 0 Å². The number of benzene rings is 2. The molecule has 0 unspecified atom stereocenters. The van der Waals surface area contributed by atoms with Crippen LogP contribution in [-0.2, 0) is 19.5 Å². The van der Waals surface area contributed by atoms with Crippen LogP contribution >= 0.6 is 0 Å². The smallest absolute Gasteiger partial charge is 0.270 e. The topological polar surface area (TPSA) is 156 Å². The number of fused-ring (bicyclic) bond motifs is 1. The van der Waals surface area contributed by atoms with Crippen LogP contribution in [0.4, 0.5) is 15.8 Å². The second kappa shape index (κ2) is 10.4. The van der Waals surface area contributed by atoms with Gasteiger partial charge in [0.05, 0.1) is 6.04 Å². The Morgan fingerprint density at radius 3 is 2.54 bits per heavy atom. The number of nitrogens with zero attached hydrogens (tertiary/aromatic N) is 2. The molecule has 0 spiro atoms. The first-order chi connectivity index (χ1) is 18.7. The van der Waals surface area contributed by atoms with E-state index in [1.807, 2.05) is 19.1 Å². The summed E-state index contributed by atoms with van der Waals surface area (Å²) in [6.45, 7) is 2.01. The summed E-state index contributed by atoms with van der Waals surface area (Å²) in [6, 6.07) is 11.6. The number of nitrogens with two attached hydrogens (primary N) is 1. The third kappa shape index (κ3) is 5.24. The van der Waals surface area contributed by atoms with Crippen molar-refractivity contribution < 1.29 is 14.0 Å². The summed E-state index contributed by atoms with van der Waals surface area (Å²) in [4.78, 5) is 56.4. The summed E-state index contributed by atoms with van der Waals surface area (Å²) < 4.78 is 14.3. The molecule has 5 rings (SSSR count). The molecule has 1 aliphatic rings. The van der Waals surface area contributed by atoms with Crippen molar-refractivity contribution >= 4 is 23.2 Å². The minimum atomic E-state index is -0.765. The molecule has 1 aliphatic carbocycles. The second-order valence-electron chi connectivity index (χ2n) is 9.46. The van der Waals surface area contributed by atoms with Crippen molar-refractivity contribution in [3.63, 3.8) is 0 Å². The van der Waals surface area contributed by atoms with Gasteiger partial charge in [0.15, 0.2) is 0 Å². The van der Waals surface area contributed by atoms with Gasteiger partial charge in [0.1, 0.15) is 34.9 Å². The van der Waals surface area contributed by atoms with Gasteiger partial charge in [-0.15, -0.1) is 0 Å². The lowest BCUT2D eigenvalue weighted by molar-refractivity contribution is 0.0931. The van der Waals surface area contributed by atoms with Crippen LogP contribution in [0.2, 0.25) is 0 Å². The number of hydrogen-bond donors (Lipinski definition) is 4. The molecular weight excluding hydrogens is 503 g/mol. The van der Waals surface area contributed by atoms with Gasteiger partial charge in [-0.25, -0.2) is 14.4 Å². The van der Waals surface area contributed by atoms with Crippen LogP contribution in [0.1, 0.15) is 61.3 Å². The van der Waals surface area contributed by atoms with Gasteiger partial charge in [0, 0.05) is 24.7 Å². The lowest BCUT2D eigenvalue weighted by atomic mass is 10.1. The fourth-order valence-electron chi connectivity index (χ4n) is 4.65. The summed E-state index contributed by atoms with van der Waals surface area (Å²) >= 11 is 0. The van der Waals surface area contributed by atoms with E-state index in [0.717, 1.165) is 24.7 Å². The van der Waals surface area contributed by atoms with Crippen LogP contribution in [0.25, 0.3) is 0 Å². The summed E-state index contributed by atoms with van der Waals surface area (Å²) in [5.41, 5.74) is 8.14. The zero-order valence-electron chi connectivity index (χ0n) is 21.0. The lowest BCUT2D eigenvalue weighted by Gasteiger charge is -2.14. The van der Waals surface area contributed by atoms with E-state index in [0.29, 0.717) is 5.56 Å². The van der Waals surface area contributed by atoms with Crippen molar-refractivity contribution in [3.05, 3.63) is 114 Å². The maximum Gasteiger partial charge on any atom is 0.270 e.